The molecule has 0 bridgehead atoms. The maximum Gasteiger partial charge on any atom is 0.338 e. The molecule has 0 saturated carbocycles. The zero-order valence-corrected chi connectivity index (χ0v) is 10.3. The average Bonchev–Trinajstić information content (AvgIpc) is 2.82. The fraction of sp³-hybridized carbons (Fsp3) is 0.154. The molecule has 1 heterocycles. The van der Waals surface area contributed by atoms with Crippen molar-refractivity contribution in [2.24, 2.45) is 0 Å². The molecule has 17 heavy (non-hydrogen) atoms. The highest BCUT2D eigenvalue weighted by atomic mass is 32.1. The lowest BCUT2D eigenvalue weighted by molar-refractivity contribution is 0.0473. The van der Waals surface area contributed by atoms with Gasteiger partial charge in [0.05, 0.1) is 5.56 Å². The van der Waals surface area contributed by atoms with Crippen LogP contribution in [0.5, 0.6) is 0 Å². The Hall–Kier alpha value is -1.81. The van der Waals surface area contributed by atoms with Crippen LogP contribution in [-0.2, 0) is 11.3 Å². The topological polar surface area (TPSA) is 52.3 Å². The number of esters is 1. The highest BCUT2D eigenvalue weighted by molar-refractivity contribution is 7.07. The highest BCUT2D eigenvalue weighted by Gasteiger charge is 2.08. The van der Waals surface area contributed by atoms with Crippen molar-refractivity contribution in [3.05, 3.63) is 51.7 Å². The lowest BCUT2D eigenvalue weighted by atomic mass is 10.1. The van der Waals surface area contributed by atoms with Crippen molar-refractivity contribution in [3.8, 4) is 0 Å². The number of nitrogens with two attached hydrogens (primary N) is 1. The first-order valence-corrected chi connectivity index (χ1v) is 6.15. The van der Waals surface area contributed by atoms with E-state index < -0.39 is 0 Å². The van der Waals surface area contributed by atoms with Gasteiger partial charge in [0.25, 0.3) is 0 Å². The lowest BCUT2D eigenvalue weighted by Gasteiger charge is -2.05. The van der Waals surface area contributed by atoms with Crippen LogP contribution >= 0.6 is 11.3 Å². The molecule has 3 nitrogen and oxygen atoms in total. The maximum absolute atomic E-state index is 11.7. The van der Waals surface area contributed by atoms with Gasteiger partial charge in [-0.15, -0.1) is 0 Å². The fourth-order valence-corrected chi connectivity index (χ4v) is 2.03. The quantitative estimate of drug-likeness (QED) is 0.670. The van der Waals surface area contributed by atoms with Gasteiger partial charge in [0.1, 0.15) is 6.61 Å². The summed E-state index contributed by atoms with van der Waals surface area (Å²) in [6.45, 7) is 2.20. The second-order valence-electron chi connectivity index (χ2n) is 3.78. The van der Waals surface area contributed by atoms with Crippen molar-refractivity contribution < 1.29 is 9.53 Å². The second-order valence-corrected chi connectivity index (χ2v) is 4.56. The molecule has 0 radical (unpaired) electrons. The summed E-state index contributed by atoms with van der Waals surface area (Å²) in [5.41, 5.74) is 8.80. The van der Waals surface area contributed by atoms with E-state index in [1.54, 1.807) is 23.5 Å². The van der Waals surface area contributed by atoms with E-state index in [-0.39, 0.29) is 5.97 Å². The van der Waals surface area contributed by atoms with Crippen molar-refractivity contribution in [2.75, 3.05) is 5.73 Å². The monoisotopic (exact) mass is 247 g/mol. The van der Waals surface area contributed by atoms with Crippen LogP contribution in [0.15, 0.2) is 35.0 Å². The average molecular weight is 247 g/mol. The van der Waals surface area contributed by atoms with Crippen LogP contribution in [0.25, 0.3) is 0 Å². The third-order valence-electron chi connectivity index (χ3n) is 2.46. The Bertz CT molecular complexity index is 520. The van der Waals surface area contributed by atoms with Crippen molar-refractivity contribution in [1.29, 1.82) is 0 Å². The molecule has 0 saturated heterocycles. The van der Waals surface area contributed by atoms with E-state index in [1.165, 1.54) is 0 Å². The van der Waals surface area contributed by atoms with Crippen molar-refractivity contribution in [2.45, 2.75) is 13.5 Å². The van der Waals surface area contributed by atoms with Crippen LogP contribution in [0.3, 0.4) is 0 Å². The van der Waals surface area contributed by atoms with Gasteiger partial charge in [0.15, 0.2) is 0 Å². The lowest BCUT2D eigenvalue weighted by Crippen LogP contribution is -2.05. The predicted molar refractivity (Wildman–Crippen MR) is 69.0 cm³/mol. The smallest absolute Gasteiger partial charge is 0.338 e. The Labute approximate surface area is 104 Å². The standard InChI is InChI=1S/C13H13NO2S/c1-9-2-3-11(6-12(9)14)13(15)16-7-10-4-5-17-8-10/h2-6,8H,7,14H2,1H3. The third kappa shape index (κ3) is 2.85. The first-order valence-electron chi connectivity index (χ1n) is 5.21. The van der Waals surface area contributed by atoms with E-state index in [4.69, 9.17) is 10.5 Å². The maximum atomic E-state index is 11.7. The fourth-order valence-electron chi connectivity index (χ4n) is 1.37. The summed E-state index contributed by atoms with van der Waals surface area (Å²) in [7, 11) is 0. The molecule has 2 N–H and O–H groups in total. The summed E-state index contributed by atoms with van der Waals surface area (Å²) in [5.74, 6) is -0.345. The van der Waals surface area contributed by atoms with Gasteiger partial charge in [-0.1, -0.05) is 6.07 Å². The summed E-state index contributed by atoms with van der Waals surface area (Å²) in [6, 6.07) is 7.12. The SMILES string of the molecule is Cc1ccc(C(=O)OCc2ccsc2)cc1N. The van der Waals surface area contributed by atoms with Gasteiger partial charge in [-0.3, -0.25) is 0 Å². The molecule has 4 heteroatoms. The van der Waals surface area contributed by atoms with Gasteiger partial charge >= 0.3 is 5.97 Å². The molecule has 0 fully saturated rings. The molecule has 88 valence electrons. The Kier molecular flexibility index (Phi) is 3.44. The van der Waals surface area contributed by atoms with E-state index in [1.807, 2.05) is 29.8 Å². The van der Waals surface area contributed by atoms with E-state index in [2.05, 4.69) is 0 Å². The third-order valence-corrected chi connectivity index (χ3v) is 3.20. The molecule has 0 spiro atoms. The molecule has 0 amide bonds. The minimum atomic E-state index is -0.345. The first-order chi connectivity index (χ1) is 8.16. The van der Waals surface area contributed by atoms with Crippen LogP contribution in [0.2, 0.25) is 0 Å². The number of aryl methyl sites for hydroxylation is 1. The number of benzene rings is 1. The Balaban J connectivity index is 2.02. The molecular formula is C13H13NO2S. The summed E-state index contributed by atoms with van der Waals surface area (Å²) < 4.78 is 5.18. The molecule has 0 atom stereocenters. The van der Waals surface area contributed by atoms with E-state index in [0.717, 1.165) is 11.1 Å². The Morgan fingerprint density at radius 2 is 2.24 bits per heavy atom. The number of anilines is 1. The van der Waals surface area contributed by atoms with E-state index in [0.29, 0.717) is 17.9 Å². The number of hydrogen-bond donors (Lipinski definition) is 1. The number of thiophene rings is 1. The van der Waals surface area contributed by atoms with Crippen molar-refractivity contribution in [1.82, 2.24) is 0 Å². The number of rotatable bonds is 3. The summed E-state index contributed by atoms with van der Waals surface area (Å²) in [4.78, 5) is 11.7. The molecule has 0 aliphatic heterocycles. The molecule has 2 aromatic rings. The predicted octanol–water partition coefficient (Wildman–Crippen LogP) is 3.00. The minimum absolute atomic E-state index is 0.302. The van der Waals surface area contributed by atoms with Crippen LogP contribution in [-0.4, -0.2) is 5.97 Å². The number of hydrogen-bond acceptors (Lipinski definition) is 4. The molecule has 1 aromatic heterocycles. The van der Waals surface area contributed by atoms with Gasteiger partial charge < -0.3 is 10.5 Å². The highest BCUT2D eigenvalue weighted by Crippen LogP contribution is 2.15. The van der Waals surface area contributed by atoms with Crippen LogP contribution in [0, 0.1) is 6.92 Å². The number of nitrogen functional groups attached to an aromatic ring is 1. The first kappa shape index (κ1) is 11.7. The summed E-state index contributed by atoms with van der Waals surface area (Å²) in [6.07, 6.45) is 0. The minimum Gasteiger partial charge on any atom is -0.457 e. The normalized spacial score (nSPS) is 10.2. The number of carbonyl (C=O) groups is 1. The zero-order valence-electron chi connectivity index (χ0n) is 9.47. The summed E-state index contributed by atoms with van der Waals surface area (Å²) >= 11 is 1.58. The molecule has 0 unspecified atom stereocenters. The molecule has 2 rings (SSSR count). The zero-order chi connectivity index (χ0) is 12.3. The molecular weight excluding hydrogens is 234 g/mol. The molecule has 1 aromatic carbocycles. The van der Waals surface area contributed by atoms with Crippen LogP contribution in [0.4, 0.5) is 5.69 Å². The van der Waals surface area contributed by atoms with Gasteiger partial charge in [-0.05, 0) is 41.4 Å². The van der Waals surface area contributed by atoms with Gasteiger partial charge in [0, 0.05) is 11.3 Å². The summed E-state index contributed by atoms with van der Waals surface area (Å²) in [5, 5.41) is 3.91. The van der Waals surface area contributed by atoms with Gasteiger partial charge in [-0.25, -0.2) is 4.79 Å². The van der Waals surface area contributed by atoms with Gasteiger partial charge in [-0.2, -0.15) is 11.3 Å². The number of carbonyl (C=O) groups excluding carboxylic acids is 1. The van der Waals surface area contributed by atoms with E-state index in [9.17, 15) is 4.79 Å². The van der Waals surface area contributed by atoms with Crippen LogP contribution in [0.1, 0.15) is 21.5 Å². The Morgan fingerprint density at radius 1 is 1.41 bits per heavy atom. The second kappa shape index (κ2) is 5.01. The molecule has 0 aliphatic rings. The van der Waals surface area contributed by atoms with E-state index >= 15 is 0 Å². The van der Waals surface area contributed by atoms with Gasteiger partial charge in [0.2, 0.25) is 0 Å². The largest absolute Gasteiger partial charge is 0.457 e. The molecule has 0 aliphatic carbocycles. The number of ether oxygens (including phenoxy) is 1. The van der Waals surface area contributed by atoms with Crippen LogP contribution < -0.4 is 5.73 Å². The van der Waals surface area contributed by atoms with Crippen molar-refractivity contribution >= 4 is 23.0 Å². The Morgan fingerprint density at radius 3 is 2.88 bits per heavy atom. The van der Waals surface area contributed by atoms with Crippen molar-refractivity contribution in [3.63, 3.8) is 0 Å².